The third-order valence-electron chi connectivity index (χ3n) is 5.50. The third kappa shape index (κ3) is 5.65. The molecule has 4 rings (SSSR count). The summed E-state index contributed by atoms with van der Waals surface area (Å²) in [7, 11) is 1.67. The highest BCUT2D eigenvalue weighted by atomic mass is 32.2. The maximum atomic E-state index is 12.5. The lowest BCUT2D eigenvalue weighted by Crippen LogP contribution is -2.23. The van der Waals surface area contributed by atoms with Crippen molar-refractivity contribution in [3.63, 3.8) is 0 Å². The Morgan fingerprint density at radius 3 is 2.48 bits per heavy atom. The Kier molecular flexibility index (Phi) is 7.47. The summed E-state index contributed by atoms with van der Waals surface area (Å²) in [5.74, 6) is 0.849. The van der Waals surface area contributed by atoms with Crippen LogP contribution in [0.2, 0.25) is 0 Å². The van der Waals surface area contributed by atoms with Crippen molar-refractivity contribution >= 4 is 17.7 Å². The van der Waals surface area contributed by atoms with Crippen molar-refractivity contribution in [1.82, 2.24) is 14.9 Å². The molecule has 0 bridgehead atoms. The average molecular weight is 458 g/mol. The molecular weight excluding hydrogens is 430 g/mol. The first-order chi connectivity index (χ1) is 16.2. The van der Waals surface area contributed by atoms with E-state index in [1.54, 1.807) is 31.3 Å². The van der Waals surface area contributed by atoms with Gasteiger partial charge >= 0.3 is 0 Å². The van der Waals surface area contributed by atoms with Crippen molar-refractivity contribution in [3.05, 3.63) is 96.4 Å². The van der Waals surface area contributed by atoms with Gasteiger partial charge in [0.2, 0.25) is 5.91 Å². The molecule has 2 aromatic heterocycles. The van der Waals surface area contributed by atoms with E-state index in [-0.39, 0.29) is 5.91 Å². The molecule has 0 atom stereocenters. The highest BCUT2D eigenvalue weighted by Crippen LogP contribution is 2.29. The average Bonchev–Trinajstić information content (AvgIpc) is 3.31. The van der Waals surface area contributed by atoms with Crippen LogP contribution >= 0.6 is 11.8 Å². The molecule has 0 saturated carbocycles. The molecule has 2 aromatic carbocycles. The van der Waals surface area contributed by atoms with Crippen LogP contribution in [0.1, 0.15) is 17.7 Å². The fourth-order valence-corrected chi connectivity index (χ4v) is 4.14. The molecule has 0 fully saturated rings. The number of amides is 1. The molecule has 0 aliphatic carbocycles. The number of ether oxygens (including phenoxy) is 1. The molecule has 0 unspecified atom stereocenters. The van der Waals surface area contributed by atoms with Crippen molar-refractivity contribution in [3.8, 4) is 22.7 Å². The summed E-state index contributed by atoms with van der Waals surface area (Å²) < 4.78 is 7.55. The fraction of sp³-hybridized carbons (Fsp3) is 0.185. The lowest BCUT2D eigenvalue weighted by Gasteiger charge is -2.15. The van der Waals surface area contributed by atoms with Crippen LogP contribution in [-0.2, 0) is 17.8 Å². The Balaban J connectivity index is 1.56. The lowest BCUT2D eigenvalue weighted by atomic mass is 10.1. The van der Waals surface area contributed by atoms with Gasteiger partial charge in [0.05, 0.1) is 12.8 Å². The molecule has 1 amide bonds. The molecule has 6 heteroatoms. The minimum absolute atomic E-state index is 0.0235. The Labute approximate surface area is 198 Å². The number of nitrogens with one attached hydrogen (secondary N) is 1. The Morgan fingerprint density at radius 1 is 1.03 bits per heavy atom. The zero-order chi connectivity index (χ0) is 23.0. The number of thioether (sulfide) groups is 1. The standard InChI is InChI=1S/C27H27N3O2S/c1-32-24-11-5-21(6-12-24)26-15-9-23(30(26)22-7-13-25(33-2)14-8-22)10-16-27(31)29-19-20-4-3-17-28-18-20/h3-9,11-15,17-18H,10,16,19H2,1-2H3,(H,29,31). The number of rotatable bonds is 9. The van der Waals surface area contributed by atoms with Gasteiger partial charge in [0.15, 0.2) is 0 Å². The minimum atomic E-state index is 0.0235. The summed E-state index contributed by atoms with van der Waals surface area (Å²) in [6.07, 6.45) is 6.62. The van der Waals surface area contributed by atoms with Gasteiger partial charge in [-0.1, -0.05) is 6.07 Å². The molecule has 0 aliphatic rings. The number of aryl methyl sites for hydroxylation is 1. The van der Waals surface area contributed by atoms with Gasteiger partial charge in [-0.2, -0.15) is 0 Å². The van der Waals surface area contributed by atoms with Crippen molar-refractivity contribution in [2.24, 2.45) is 0 Å². The fourth-order valence-electron chi connectivity index (χ4n) is 3.73. The molecule has 2 heterocycles. The summed E-state index contributed by atoms with van der Waals surface area (Å²) in [6.45, 7) is 0.487. The number of benzene rings is 2. The maximum absolute atomic E-state index is 12.5. The van der Waals surface area contributed by atoms with E-state index in [0.717, 1.165) is 34.0 Å². The second-order valence-electron chi connectivity index (χ2n) is 7.61. The van der Waals surface area contributed by atoms with E-state index in [4.69, 9.17) is 4.74 Å². The van der Waals surface area contributed by atoms with Gasteiger partial charge in [-0.05, 0) is 90.5 Å². The monoisotopic (exact) mass is 457 g/mol. The second-order valence-corrected chi connectivity index (χ2v) is 8.49. The molecule has 168 valence electrons. The molecule has 4 aromatic rings. The van der Waals surface area contributed by atoms with Gasteiger partial charge in [-0.3, -0.25) is 9.78 Å². The van der Waals surface area contributed by atoms with Crippen LogP contribution in [0.15, 0.2) is 90.1 Å². The molecular formula is C27H27N3O2S. The first-order valence-corrected chi connectivity index (χ1v) is 12.1. The molecule has 1 N–H and O–H groups in total. The second kappa shape index (κ2) is 10.9. The molecule has 0 saturated heterocycles. The first-order valence-electron chi connectivity index (χ1n) is 10.8. The molecule has 33 heavy (non-hydrogen) atoms. The van der Waals surface area contributed by atoms with Crippen LogP contribution in [0.4, 0.5) is 0 Å². The summed E-state index contributed by atoms with van der Waals surface area (Å²) in [5.41, 5.74) is 5.34. The van der Waals surface area contributed by atoms with E-state index in [0.29, 0.717) is 19.4 Å². The summed E-state index contributed by atoms with van der Waals surface area (Å²) in [5, 5.41) is 2.99. The minimum Gasteiger partial charge on any atom is -0.497 e. The highest BCUT2D eigenvalue weighted by Gasteiger charge is 2.14. The van der Waals surface area contributed by atoms with Crippen LogP contribution in [0.3, 0.4) is 0 Å². The van der Waals surface area contributed by atoms with E-state index < -0.39 is 0 Å². The number of hydrogen-bond donors (Lipinski definition) is 1. The maximum Gasteiger partial charge on any atom is 0.220 e. The van der Waals surface area contributed by atoms with Gasteiger partial charge in [0.1, 0.15) is 5.75 Å². The topological polar surface area (TPSA) is 56.1 Å². The number of pyridine rings is 1. The van der Waals surface area contributed by atoms with Crippen LogP contribution in [-0.4, -0.2) is 28.8 Å². The van der Waals surface area contributed by atoms with Gasteiger partial charge in [-0.25, -0.2) is 0 Å². The number of nitrogens with zero attached hydrogens (tertiary/aromatic N) is 2. The molecule has 5 nitrogen and oxygen atoms in total. The van der Waals surface area contributed by atoms with Gasteiger partial charge in [-0.15, -0.1) is 11.8 Å². The molecule has 0 aliphatic heterocycles. The summed E-state index contributed by atoms with van der Waals surface area (Å²) >= 11 is 1.72. The van der Waals surface area contributed by atoms with E-state index >= 15 is 0 Å². The summed E-state index contributed by atoms with van der Waals surface area (Å²) in [6, 6.07) is 24.6. The highest BCUT2D eigenvalue weighted by molar-refractivity contribution is 7.98. The number of carbonyl (C=O) groups is 1. The van der Waals surface area contributed by atoms with Crippen LogP contribution in [0.5, 0.6) is 5.75 Å². The van der Waals surface area contributed by atoms with Crippen molar-refractivity contribution in [2.45, 2.75) is 24.3 Å². The van der Waals surface area contributed by atoms with Gasteiger partial charge in [0.25, 0.3) is 0 Å². The van der Waals surface area contributed by atoms with Gasteiger partial charge < -0.3 is 14.6 Å². The smallest absolute Gasteiger partial charge is 0.220 e. The van der Waals surface area contributed by atoms with E-state index in [1.807, 2.05) is 24.3 Å². The lowest BCUT2D eigenvalue weighted by molar-refractivity contribution is -0.121. The van der Waals surface area contributed by atoms with E-state index in [1.165, 1.54) is 4.90 Å². The number of carbonyl (C=O) groups excluding carboxylic acids is 1. The molecule has 0 spiro atoms. The predicted molar refractivity (Wildman–Crippen MR) is 134 cm³/mol. The number of aromatic nitrogens is 2. The quantitative estimate of drug-likeness (QED) is 0.336. The van der Waals surface area contributed by atoms with E-state index in [9.17, 15) is 4.79 Å². The zero-order valence-corrected chi connectivity index (χ0v) is 19.6. The summed E-state index contributed by atoms with van der Waals surface area (Å²) in [4.78, 5) is 17.8. The van der Waals surface area contributed by atoms with Gasteiger partial charge in [0, 0.05) is 41.6 Å². The van der Waals surface area contributed by atoms with Crippen molar-refractivity contribution < 1.29 is 9.53 Å². The molecule has 0 radical (unpaired) electrons. The Hall–Kier alpha value is -3.51. The number of methoxy groups -OCH3 is 1. The van der Waals surface area contributed by atoms with E-state index in [2.05, 4.69) is 69.7 Å². The van der Waals surface area contributed by atoms with Crippen molar-refractivity contribution in [1.29, 1.82) is 0 Å². The number of hydrogen-bond acceptors (Lipinski definition) is 4. The Morgan fingerprint density at radius 2 is 1.82 bits per heavy atom. The first kappa shape index (κ1) is 22.7. The van der Waals surface area contributed by atoms with Crippen LogP contribution < -0.4 is 10.1 Å². The van der Waals surface area contributed by atoms with Crippen molar-refractivity contribution in [2.75, 3.05) is 13.4 Å². The predicted octanol–water partition coefficient (Wildman–Crippen LogP) is 5.52. The normalized spacial score (nSPS) is 10.7. The zero-order valence-electron chi connectivity index (χ0n) is 18.8. The largest absolute Gasteiger partial charge is 0.497 e. The third-order valence-corrected chi connectivity index (χ3v) is 6.24. The Bertz CT molecular complexity index is 1190. The van der Waals surface area contributed by atoms with Crippen LogP contribution in [0.25, 0.3) is 16.9 Å². The van der Waals surface area contributed by atoms with Crippen LogP contribution in [0, 0.1) is 0 Å². The SMILES string of the molecule is COc1ccc(-c2ccc(CCC(=O)NCc3cccnc3)n2-c2ccc(SC)cc2)cc1.